The molecule has 8 heteroatoms. The van der Waals surface area contributed by atoms with Gasteiger partial charge in [-0.05, 0) is 55.8 Å². The molecular formula is C18H27ClN2O4S. The molecule has 1 aromatic carbocycles. The van der Waals surface area contributed by atoms with Crippen LogP contribution in [-0.2, 0) is 25.0 Å². The molecule has 1 aromatic rings. The van der Waals surface area contributed by atoms with Gasteiger partial charge in [-0.1, -0.05) is 25.0 Å². The van der Waals surface area contributed by atoms with E-state index in [-0.39, 0.29) is 35.2 Å². The quantitative estimate of drug-likeness (QED) is 0.710. The van der Waals surface area contributed by atoms with Gasteiger partial charge in [0.1, 0.15) is 0 Å². The molecule has 2 fully saturated rings. The van der Waals surface area contributed by atoms with E-state index in [0.717, 1.165) is 44.1 Å². The molecule has 0 aromatic heterocycles. The minimum Gasteiger partial charge on any atom is -0.468 e. The Balaban J connectivity index is 0.00000243. The number of methoxy groups -OCH3 is 1. The average Bonchev–Trinajstić information content (AvgIpc) is 3.43. The zero-order valence-electron chi connectivity index (χ0n) is 14.9. The molecule has 0 aliphatic heterocycles. The van der Waals surface area contributed by atoms with Crippen LogP contribution in [0.3, 0.4) is 0 Å². The lowest BCUT2D eigenvalue weighted by Gasteiger charge is -2.31. The van der Waals surface area contributed by atoms with E-state index in [1.807, 2.05) is 0 Å². The van der Waals surface area contributed by atoms with Gasteiger partial charge >= 0.3 is 5.97 Å². The van der Waals surface area contributed by atoms with Crippen LogP contribution >= 0.6 is 12.4 Å². The van der Waals surface area contributed by atoms with Gasteiger partial charge in [0.2, 0.25) is 10.0 Å². The number of hydrogen-bond donors (Lipinski definition) is 2. The smallest absolute Gasteiger partial charge is 0.316 e. The summed E-state index contributed by atoms with van der Waals surface area (Å²) in [6.45, 7) is 0.494. The van der Waals surface area contributed by atoms with Crippen molar-refractivity contribution in [1.82, 2.24) is 4.72 Å². The summed E-state index contributed by atoms with van der Waals surface area (Å²) >= 11 is 0. The molecule has 2 saturated carbocycles. The number of rotatable bonds is 6. The molecule has 0 amide bonds. The van der Waals surface area contributed by atoms with Crippen molar-refractivity contribution in [3.8, 4) is 0 Å². The number of hydrogen-bond acceptors (Lipinski definition) is 5. The second-order valence-electron chi connectivity index (χ2n) is 7.11. The van der Waals surface area contributed by atoms with Gasteiger partial charge < -0.3 is 10.5 Å². The second kappa shape index (κ2) is 8.25. The Hall–Kier alpha value is -1.15. The number of carbonyl (C=O) groups is 1. The Morgan fingerprint density at radius 3 is 2.38 bits per heavy atom. The third kappa shape index (κ3) is 4.06. The largest absolute Gasteiger partial charge is 0.468 e. The Labute approximate surface area is 161 Å². The lowest BCUT2D eigenvalue weighted by Crippen LogP contribution is -2.44. The van der Waals surface area contributed by atoms with Crippen LogP contribution in [0.4, 0.5) is 0 Å². The molecule has 2 aliphatic rings. The lowest BCUT2D eigenvalue weighted by molar-refractivity contribution is -0.143. The first kappa shape index (κ1) is 21.2. The molecular weight excluding hydrogens is 376 g/mol. The summed E-state index contributed by atoms with van der Waals surface area (Å²) in [5, 5.41) is 0. The number of nitrogens with two attached hydrogens (primary N) is 1. The third-order valence-electron chi connectivity index (χ3n) is 5.56. The van der Waals surface area contributed by atoms with Gasteiger partial charge in [0, 0.05) is 6.04 Å². The van der Waals surface area contributed by atoms with Crippen LogP contribution in [0.5, 0.6) is 0 Å². The summed E-state index contributed by atoms with van der Waals surface area (Å²) in [7, 11) is -2.21. The minimum atomic E-state index is -3.59. The molecule has 26 heavy (non-hydrogen) atoms. The Kier molecular flexibility index (Phi) is 6.71. The zero-order valence-corrected chi connectivity index (χ0v) is 16.6. The van der Waals surface area contributed by atoms with Gasteiger partial charge in [0.25, 0.3) is 0 Å². The molecule has 2 atom stereocenters. The fraction of sp³-hybridized carbons (Fsp3) is 0.611. The van der Waals surface area contributed by atoms with Crippen molar-refractivity contribution in [2.24, 2.45) is 11.7 Å². The van der Waals surface area contributed by atoms with Gasteiger partial charge in [-0.25, -0.2) is 13.1 Å². The number of halogens is 1. The van der Waals surface area contributed by atoms with Crippen molar-refractivity contribution >= 4 is 28.4 Å². The maximum atomic E-state index is 12.7. The Bertz CT molecular complexity index is 732. The summed E-state index contributed by atoms with van der Waals surface area (Å²) < 4.78 is 33.1. The highest BCUT2D eigenvalue weighted by molar-refractivity contribution is 7.89. The van der Waals surface area contributed by atoms with Crippen LogP contribution < -0.4 is 10.5 Å². The van der Waals surface area contributed by atoms with Crippen molar-refractivity contribution in [1.29, 1.82) is 0 Å². The van der Waals surface area contributed by atoms with Crippen molar-refractivity contribution in [3.63, 3.8) is 0 Å². The maximum Gasteiger partial charge on any atom is 0.316 e. The predicted octanol–water partition coefficient (Wildman–Crippen LogP) is 2.11. The van der Waals surface area contributed by atoms with Gasteiger partial charge in [0.15, 0.2) is 0 Å². The monoisotopic (exact) mass is 402 g/mol. The summed E-state index contributed by atoms with van der Waals surface area (Å²) in [5.74, 6) is -0.0638. The number of ether oxygens (including phenoxy) is 1. The fourth-order valence-electron chi connectivity index (χ4n) is 3.80. The first-order chi connectivity index (χ1) is 11.9. The van der Waals surface area contributed by atoms with Crippen LogP contribution in [0, 0.1) is 5.92 Å². The highest BCUT2D eigenvalue weighted by atomic mass is 35.5. The van der Waals surface area contributed by atoms with E-state index >= 15 is 0 Å². The number of esters is 1. The van der Waals surface area contributed by atoms with Crippen LogP contribution in [0.1, 0.15) is 44.1 Å². The first-order valence-electron chi connectivity index (χ1n) is 8.84. The number of sulfonamides is 1. The van der Waals surface area contributed by atoms with Crippen LogP contribution in [0.2, 0.25) is 0 Å². The van der Waals surface area contributed by atoms with Crippen molar-refractivity contribution in [2.45, 2.75) is 54.9 Å². The van der Waals surface area contributed by atoms with Crippen LogP contribution in [0.15, 0.2) is 29.2 Å². The highest BCUT2D eigenvalue weighted by Gasteiger charge is 2.52. The first-order valence-corrected chi connectivity index (χ1v) is 10.3. The summed E-state index contributed by atoms with van der Waals surface area (Å²) in [6.07, 6.45) is 5.39. The van der Waals surface area contributed by atoms with Gasteiger partial charge in [0.05, 0.1) is 17.4 Å². The molecule has 0 radical (unpaired) electrons. The van der Waals surface area contributed by atoms with Crippen LogP contribution in [-0.4, -0.2) is 34.1 Å². The fourth-order valence-corrected chi connectivity index (χ4v) is 5.14. The number of carbonyl (C=O) groups excluding carboxylic acids is 1. The van der Waals surface area contributed by atoms with E-state index < -0.39 is 15.4 Å². The summed E-state index contributed by atoms with van der Waals surface area (Å²) in [5.41, 5.74) is 6.02. The average molecular weight is 403 g/mol. The van der Waals surface area contributed by atoms with E-state index in [0.29, 0.717) is 6.54 Å². The Morgan fingerprint density at radius 2 is 1.85 bits per heavy atom. The Morgan fingerprint density at radius 1 is 1.23 bits per heavy atom. The van der Waals surface area contributed by atoms with Crippen molar-refractivity contribution in [2.75, 3.05) is 13.7 Å². The molecule has 2 unspecified atom stereocenters. The van der Waals surface area contributed by atoms with E-state index in [9.17, 15) is 13.2 Å². The van der Waals surface area contributed by atoms with Crippen LogP contribution in [0.25, 0.3) is 0 Å². The summed E-state index contributed by atoms with van der Waals surface area (Å²) in [4.78, 5) is 12.2. The van der Waals surface area contributed by atoms with E-state index in [4.69, 9.17) is 10.5 Å². The lowest BCUT2D eigenvalue weighted by atomic mass is 9.85. The van der Waals surface area contributed by atoms with E-state index in [1.54, 1.807) is 24.3 Å². The van der Waals surface area contributed by atoms with Crippen molar-refractivity contribution < 1.29 is 17.9 Å². The molecule has 0 bridgehead atoms. The normalized spacial score (nSPS) is 24.4. The molecule has 0 heterocycles. The molecule has 2 aliphatic carbocycles. The van der Waals surface area contributed by atoms with E-state index in [2.05, 4.69) is 4.72 Å². The summed E-state index contributed by atoms with van der Waals surface area (Å²) in [6, 6.07) is 6.48. The highest BCUT2D eigenvalue weighted by Crippen LogP contribution is 2.49. The molecule has 6 nitrogen and oxygen atoms in total. The minimum absolute atomic E-state index is 0. The number of nitrogens with one attached hydrogen (secondary N) is 1. The molecule has 0 spiro atoms. The SMILES string of the molecule is COC(=O)C1(c2ccc(S(=O)(=O)NC3CCCCC3CN)cc2)CC1.Cl. The molecule has 146 valence electrons. The molecule has 0 saturated heterocycles. The van der Waals surface area contributed by atoms with Gasteiger partial charge in [-0.15, -0.1) is 12.4 Å². The zero-order chi connectivity index (χ0) is 18.1. The second-order valence-corrected chi connectivity index (χ2v) is 8.82. The maximum absolute atomic E-state index is 12.7. The third-order valence-corrected chi connectivity index (χ3v) is 7.07. The standard InChI is InChI=1S/C18H26N2O4S.ClH/c1-24-17(21)18(10-11-18)14-6-8-15(9-7-14)25(22,23)20-16-5-3-2-4-13(16)12-19;/h6-9,13,16,20H,2-5,10-12,19H2,1H3;1H. The van der Waals surface area contributed by atoms with Gasteiger partial charge in [-0.3, -0.25) is 4.79 Å². The van der Waals surface area contributed by atoms with Gasteiger partial charge in [-0.2, -0.15) is 0 Å². The van der Waals surface area contributed by atoms with Crippen molar-refractivity contribution in [3.05, 3.63) is 29.8 Å². The molecule has 3 rings (SSSR count). The topological polar surface area (TPSA) is 98.5 Å². The number of benzene rings is 1. The van der Waals surface area contributed by atoms with E-state index in [1.165, 1.54) is 7.11 Å². The predicted molar refractivity (Wildman–Crippen MR) is 102 cm³/mol. The molecule has 3 N–H and O–H groups in total.